The van der Waals surface area contributed by atoms with Gasteiger partial charge in [0, 0.05) is 23.8 Å². The van der Waals surface area contributed by atoms with E-state index in [2.05, 4.69) is 13.0 Å². The molecular weight excluding hydrogens is 264 g/mol. The summed E-state index contributed by atoms with van der Waals surface area (Å²) in [5, 5.41) is 0. The number of fused-ring (bicyclic) bond motifs is 3. The highest BCUT2D eigenvalue weighted by Crippen LogP contribution is 2.55. The number of methoxy groups -OCH3 is 2. The molecule has 2 aliphatic rings. The molecule has 0 heterocycles. The van der Waals surface area contributed by atoms with Crippen molar-refractivity contribution in [3.05, 3.63) is 23.3 Å². The molecule has 0 aliphatic heterocycles. The van der Waals surface area contributed by atoms with Crippen molar-refractivity contribution in [2.45, 2.75) is 50.9 Å². The molecule has 2 aliphatic carbocycles. The van der Waals surface area contributed by atoms with Crippen LogP contribution < -0.4 is 9.47 Å². The summed E-state index contributed by atoms with van der Waals surface area (Å²) in [6.07, 6.45) is 5.67. The van der Waals surface area contributed by atoms with E-state index < -0.39 is 0 Å². The van der Waals surface area contributed by atoms with Gasteiger partial charge in [-0.2, -0.15) is 0 Å². The van der Waals surface area contributed by atoms with Crippen molar-refractivity contribution in [2.75, 3.05) is 14.2 Å². The minimum Gasteiger partial charge on any atom is -0.493 e. The number of aryl methyl sites for hydroxylation is 1. The van der Waals surface area contributed by atoms with Gasteiger partial charge in [0.25, 0.3) is 0 Å². The van der Waals surface area contributed by atoms with Crippen molar-refractivity contribution in [2.24, 2.45) is 5.92 Å². The van der Waals surface area contributed by atoms with Gasteiger partial charge < -0.3 is 9.47 Å². The number of rotatable bonds is 3. The largest absolute Gasteiger partial charge is 0.493 e. The van der Waals surface area contributed by atoms with Crippen molar-refractivity contribution >= 4 is 5.78 Å². The summed E-state index contributed by atoms with van der Waals surface area (Å²) in [6.45, 7) is 2.21. The van der Waals surface area contributed by atoms with Crippen LogP contribution in [0.3, 0.4) is 0 Å². The van der Waals surface area contributed by atoms with Crippen molar-refractivity contribution in [1.29, 1.82) is 0 Å². The van der Waals surface area contributed by atoms with E-state index in [9.17, 15) is 4.79 Å². The zero-order chi connectivity index (χ0) is 15.0. The van der Waals surface area contributed by atoms with Crippen LogP contribution >= 0.6 is 0 Å². The van der Waals surface area contributed by atoms with Gasteiger partial charge in [0.05, 0.1) is 14.2 Å². The highest BCUT2D eigenvalue weighted by atomic mass is 16.5. The van der Waals surface area contributed by atoms with Crippen LogP contribution in [-0.2, 0) is 16.6 Å². The zero-order valence-corrected chi connectivity index (χ0v) is 13.2. The normalized spacial score (nSPS) is 27.8. The lowest BCUT2D eigenvalue weighted by atomic mass is 9.55. The fourth-order valence-electron chi connectivity index (χ4n) is 4.55. The lowest BCUT2D eigenvalue weighted by Crippen LogP contribution is -2.44. The molecular formula is C18H24O3. The standard InChI is InChI=1S/C18H24O3/c1-4-18-11-14(19)9-8-13(18)7-5-12-6-10-15(20-2)17(21-3)16(12)18/h6,10,13H,4-5,7-9,11H2,1-3H3/t13-,18+/m1/s1. The molecule has 114 valence electrons. The van der Waals surface area contributed by atoms with Crippen LogP contribution in [0.15, 0.2) is 12.1 Å². The third-order valence-corrected chi connectivity index (χ3v) is 5.59. The Kier molecular flexibility index (Phi) is 3.68. The lowest BCUT2D eigenvalue weighted by molar-refractivity contribution is -0.124. The molecule has 3 heteroatoms. The Hall–Kier alpha value is -1.51. The molecule has 0 unspecified atom stereocenters. The molecule has 0 amide bonds. The second kappa shape index (κ2) is 5.36. The molecule has 0 aromatic heterocycles. The summed E-state index contributed by atoms with van der Waals surface area (Å²) in [5.74, 6) is 2.61. The van der Waals surface area contributed by atoms with Gasteiger partial charge in [-0.25, -0.2) is 0 Å². The fraction of sp³-hybridized carbons (Fsp3) is 0.611. The van der Waals surface area contributed by atoms with Gasteiger partial charge >= 0.3 is 0 Å². The first-order valence-electron chi connectivity index (χ1n) is 7.92. The van der Waals surface area contributed by atoms with E-state index in [1.165, 1.54) is 17.5 Å². The molecule has 2 atom stereocenters. The summed E-state index contributed by atoms with van der Waals surface area (Å²) in [4.78, 5) is 12.2. The molecule has 1 aromatic rings. The van der Waals surface area contributed by atoms with Crippen LogP contribution in [0.25, 0.3) is 0 Å². The quantitative estimate of drug-likeness (QED) is 0.851. The summed E-state index contributed by atoms with van der Waals surface area (Å²) >= 11 is 0. The van der Waals surface area contributed by atoms with Crippen LogP contribution in [0.5, 0.6) is 11.5 Å². The zero-order valence-electron chi connectivity index (χ0n) is 13.2. The number of carbonyl (C=O) groups is 1. The average molecular weight is 288 g/mol. The van der Waals surface area contributed by atoms with Crippen LogP contribution in [0.4, 0.5) is 0 Å². The Labute approximate surface area is 126 Å². The summed E-state index contributed by atoms with van der Waals surface area (Å²) in [5.41, 5.74) is 2.53. The Bertz CT molecular complexity index is 564. The van der Waals surface area contributed by atoms with Crippen LogP contribution in [0, 0.1) is 5.92 Å². The molecule has 21 heavy (non-hydrogen) atoms. The third-order valence-electron chi connectivity index (χ3n) is 5.59. The lowest BCUT2D eigenvalue weighted by Gasteiger charge is -2.48. The van der Waals surface area contributed by atoms with E-state index in [4.69, 9.17) is 9.47 Å². The number of hydrogen-bond donors (Lipinski definition) is 0. The van der Waals surface area contributed by atoms with Gasteiger partial charge in [0.1, 0.15) is 5.78 Å². The van der Waals surface area contributed by atoms with Crippen LogP contribution in [-0.4, -0.2) is 20.0 Å². The van der Waals surface area contributed by atoms with Gasteiger partial charge in [-0.05, 0) is 43.2 Å². The number of carbonyl (C=O) groups excluding carboxylic acids is 1. The first kappa shape index (κ1) is 14.4. The second-order valence-electron chi connectivity index (χ2n) is 6.33. The molecule has 0 saturated heterocycles. The fourth-order valence-corrected chi connectivity index (χ4v) is 4.55. The average Bonchev–Trinajstić information content (AvgIpc) is 2.52. The maximum absolute atomic E-state index is 12.2. The van der Waals surface area contributed by atoms with Gasteiger partial charge in [-0.1, -0.05) is 13.0 Å². The molecule has 3 rings (SSSR count). The molecule has 0 bridgehead atoms. The smallest absolute Gasteiger partial charge is 0.164 e. The SMILES string of the molecule is CC[C@]12CC(=O)CC[C@H]1CCc1ccc(OC)c(OC)c12. The van der Waals surface area contributed by atoms with E-state index in [1.807, 2.05) is 6.07 Å². The Morgan fingerprint density at radius 1 is 1.19 bits per heavy atom. The van der Waals surface area contributed by atoms with Crippen molar-refractivity contribution < 1.29 is 14.3 Å². The summed E-state index contributed by atoms with van der Waals surface area (Å²) < 4.78 is 11.2. The van der Waals surface area contributed by atoms with E-state index in [0.717, 1.165) is 37.2 Å². The molecule has 1 aromatic carbocycles. The first-order chi connectivity index (χ1) is 10.2. The maximum Gasteiger partial charge on any atom is 0.164 e. The monoisotopic (exact) mass is 288 g/mol. The number of hydrogen-bond acceptors (Lipinski definition) is 3. The summed E-state index contributed by atoms with van der Waals surface area (Å²) in [7, 11) is 3.38. The highest BCUT2D eigenvalue weighted by molar-refractivity contribution is 5.82. The van der Waals surface area contributed by atoms with Gasteiger partial charge in [0.15, 0.2) is 11.5 Å². The number of ether oxygens (including phenoxy) is 2. The molecule has 1 fully saturated rings. The second-order valence-corrected chi connectivity index (χ2v) is 6.33. The van der Waals surface area contributed by atoms with Crippen molar-refractivity contribution in [3.63, 3.8) is 0 Å². The molecule has 3 nitrogen and oxygen atoms in total. The highest BCUT2D eigenvalue weighted by Gasteiger charge is 2.48. The Balaban J connectivity index is 2.23. The molecule has 0 N–H and O–H groups in total. The number of Topliss-reactive ketones (excluding diaryl/α,β-unsaturated/α-hetero) is 1. The molecule has 0 spiro atoms. The van der Waals surface area contributed by atoms with Gasteiger partial charge in [-0.15, -0.1) is 0 Å². The topological polar surface area (TPSA) is 35.5 Å². The van der Waals surface area contributed by atoms with Crippen molar-refractivity contribution in [1.82, 2.24) is 0 Å². The maximum atomic E-state index is 12.2. The van der Waals surface area contributed by atoms with E-state index in [0.29, 0.717) is 18.1 Å². The predicted octanol–water partition coefficient (Wildman–Crippen LogP) is 3.67. The minimum absolute atomic E-state index is 0.0528. The van der Waals surface area contributed by atoms with E-state index in [-0.39, 0.29) is 5.41 Å². The Morgan fingerprint density at radius 3 is 2.62 bits per heavy atom. The molecule has 0 radical (unpaired) electrons. The number of ketones is 1. The van der Waals surface area contributed by atoms with E-state index in [1.54, 1.807) is 14.2 Å². The van der Waals surface area contributed by atoms with Crippen LogP contribution in [0.2, 0.25) is 0 Å². The van der Waals surface area contributed by atoms with Gasteiger partial charge in [-0.3, -0.25) is 4.79 Å². The number of benzene rings is 1. The first-order valence-corrected chi connectivity index (χ1v) is 7.92. The molecule has 1 saturated carbocycles. The predicted molar refractivity (Wildman–Crippen MR) is 82.2 cm³/mol. The summed E-state index contributed by atoms with van der Waals surface area (Å²) in [6, 6.07) is 4.15. The van der Waals surface area contributed by atoms with E-state index >= 15 is 0 Å². The van der Waals surface area contributed by atoms with Crippen LogP contribution in [0.1, 0.15) is 50.2 Å². The Morgan fingerprint density at radius 2 is 1.95 bits per heavy atom. The minimum atomic E-state index is -0.0528. The third kappa shape index (κ3) is 2.05. The van der Waals surface area contributed by atoms with Gasteiger partial charge in [0.2, 0.25) is 0 Å². The van der Waals surface area contributed by atoms with Crippen molar-refractivity contribution in [3.8, 4) is 11.5 Å².